The number of pyridine rings is 1. The molecule has 1 unspecified atom stereocenters. The zero-order chi connectivity index (χ0) is 18.7. The van der Waals surface area contributed by atoms with Crippen molar-refractivity contribution < 1.29 is 13.9 Å². The van der Waals surface area contributed by atoms with E-state index in [0.29, 0.717) is 41.4 Å². The van der Waals surface area contributed by atoms with E-state index in [2.05, 4.69) is 25.8 Å². The summed E-state index contributed by atoms with van der Waals surface area (Å²) in [5.74, 6) is 0.831. The third-order valence-corrected chi connectivity index (χ3v) is 5.02. The smallest absolute Gasteiger partial charge is 0.263 e. The van der Waals surface area contributed by atoms with Crippen LogP contribution in [-0.2, 0) is 4.79 Å². The van der Waals surface area contributed by atoms with Crippen LogP contribution in [0.3, 0.4) is 0 Å². The molecule has 1 aliphatic heterocycles. The van der Waals surface area contributed by atoms with E-state index >= 15 is 0 Å². The zero-order valence-electron chi connectivity index (χ0n) is 14.2. The number of halogens is 3. The summed E-state index contributed by atoms with van der Waals surface area (Å²) in [4.78, 5) is 20.8. The first-order valence-electron chi connectivity index (χ1n) is 8.21. The Bertz CT molecular complexity index is 783. The molecule has 26 heavy (non-hydrogen) atoms. The van der Waals surface area contributed by atoms with Crippen molar-refractivity contribution in [2.24, 2.45) is 0 Å². The zero-order valence-corrected chi connectivity index (χ0v) is 16.5. The van der Waals surface area contributed by atoms with Gasteiger partial charge in [-0.05, 0) is 53.2 Å². The summed E-state index contributed by atoms with van der Waals surface area (Å²) >= 11 is 9.11. The maximum absolute atomic E-state index is 13.2. The minimum absolute atomic E-state index is 0.0926. The molecule has 1 atom stereocenters. The molecule has 1 aliphatic rings. The molecular formula is C18H18BrClFN3O2. The number of carbonyl (C=O) groups is 1. The van der Waals surface area contributed by atoms with Crippen LogP contribution in [0.15, 0.2) is 41.0 Å². The SMILES string of the molecule is CC(Oc1ccc(F)cc1Br)C(=O)N1CCN(c2ccc(Cl)cn2)CC1. The molecule has 8 heteroatoms. The number of rotatable bonds is 4. The van der Waals surface area contributed by atoms with Crippen molar-refractivity contribution >= 4 is 39.3 Å². The van der Waals surface area contributed by atoms with Gasteiger partial charge in [-0.15, -0.1) is 0 Å². The fourth-order valence-corrected chi connectivity index (χ4v) is 3.34. The molecule has 5 nitrogen and oxygen atoms in total. The summed E-state index contributed by atoms with van der Waals surface area (Å²) in [6, 6.07) is 7.79. The molecule has 1 saturated heterocycles. The van der Waals surface area contributed by atoms with Crippen molar-refractivity contribution in [2.75, 3.05) is 31.1 Å². The second kappa shape index (κ2) is 8.22. The predicted octanol–water partition coefficient (Wildman–Crippen LogP) is 3.75. The second-order valence-electron chi connectivity index (χ2n) is 5.98. The average molecular weight is 443 g/mol. The lowest BCUT2D eigenvalue weighted by Gasteiger charge is -2.36. The molecule has 3 rings (SSSR count). The molecule has 0 radical (unpaired) electrons. The van der Waals surface area contributed by atoms with E-state index in [-0.39, 0.29) is 11.7 Å². The number of carbonyl (C=O) groups excluding carboxylic acids is 1. The average Bonchev–Trinajstić information content (AvgIpc) is 2.64. The second-order valence-corrected chi connectivity index (χ2v) is 7.27. The maximum atomic E-state index is 13.2. The fourth-order valence-electron chi connectivity index (χ4n) is 2.78. The minimum atomic E-state index is -0.656. The lowest BCUT2D eigenvalue weighted by molar-refractivity contribution is -0.138. The van der Waals surface area contributed by atoms with Crippen LogP contribution in [0, 0.1) is 5.82 Å². The molecule has 1 aromatic heterocycles. The monoisotopic (exact) mass is 441 g/mol. The van der Waals surface area contributed by atoms with E-state index in [0.717, 1.165) is 5.82 Å². The maximum Gasteiger partial charge on any atom is 0.263 e. The highest BCUT2D eigenvalue weighted by atomic mass is 79.9. The summed E-state index contributed by atoms with van der Waals surface area (Å²) in [7, 11) is 0. The van der Waals surface area contributed by atoms with Gasteiger partial charge in [0.1, 0.15) is 17.4 Å². The number of amides is 1. The Balaban J connectivity index is 1.56. The Labute approximate surface area is 164 Å². The van der Waals surface area contributed by atoms with Gasteiger partial charge < -0.3 is 14.5 Å². The molecule has 1 amide bonds. The van der Waals surface area contributed by atoms with Gasteiger partial charge in [0.15, 0.2) is 6.10 Å². The van der Waals surface area contributed by atoms with Crippen molar-refractivity contribution in [3.05, 3.63) is 51.8 Å². The van der Waals surface area contributed by atoms with Gasteiger partial charge in [-0.3, -0.25) is 4.79 Å². The van der Waals surface area contributed by atoms with Crippen LogP contribution in [0.5, 0.6) is 5.75 Å². The quantitative estimate of drug-likeness (QED) is 0.723. The third-order valence-electron chi connectivity index (χ3n) is 4.17. The summed E-state index contributed by atoms with van der Waals surface area (Å²) in [5.41, 5.74) is 0. The van der Waals surface area contributed by atoms with Gasteiger partial charge in [0.05, 0.1) is 9.50 Å². The van der Waals surface area contributed by atoms with E-state index in [1.165, 1.54) is 18.2 Å². The standard InChI is InChI=1S/C18H18BrClFN3O2/c1-12(26-16-4-3-14(21)10-15(16)19)18(25)24-8-6-23(7-9-24)17-5-2-13(20)11-22-17/h2-5,10-12H,6-9H2,1H3. The molecule has 1 fully saturated rings. The molecule has 0 saturated carbocycles. The summed E-state index contributed by atoms with van der Waals surface area (Å²) in [6.45, 7) is 4.24. The number of benzene rings is 1. The predicted molar refractivity (Wildman–Crippen MR) is 102 cm³/mol. The Morgan fingerprint density at radius 3 is 2.62 bits per heavy atom. The Hall–Kier alpha value is -1.86. The van der Waals surface area contributed by atoms with E-state index in [1.807, 2.05) is 6.07 Å². The number of aromatic nitrogens is 1. The highest BCUT2D eigenvalue weighted by Crippen LogP contribution is 2.27. The molecule has 1 aromatic carbocycles. The van der Waals surface area contributed by atoms with Crippen LogP contribution < -0.4 is 9.64 Å². The first kappa shape index (κ1) is 18.9. The molecular weight excluding hydrogens is 425 g/mol. The fraction of sp³-hybridized carbons (Fsp3) is 0.333. The van der Waals surface area contributed by atoms with Crippen LogP contribution >= 0.6 is 27.5 Å². The largest absolute Gasteiger partial charge is 0.480 e. The van der Waals surface area contributed by atoms with Crippen molar-refractivity contribution in [1.29, 1.82) is 0 Å². The molecule has 0 aliphatic carbocycles. The number of anilines is 1. The highest BCUT2D eigenvalue weighted by molar-refractivity contribution is 9.10. The Morgan fingerprint density at radius 1 is 1.27 bits per heavy atom. The number of piperazine rings is 1. The number of nitrogens with zero attached hydrogens (tertiary/aromatic N) is 3. The van der Waals surface area contributed by atoms with E-state index in [9.17, 15) is 9.18 Å². The van der Waals surface area contributed by atoms with E-state index in [1.54, 1.807) is 24.1 Å². The summed E-state index contributed by atoms with van der Waals surface area (Å²) in [6.07, 6.45) is 0.960. The Morgan fingerprint density at radius 2 is 2.00 bits per heavy atom. The van der Waals surface area contributed by atoms with E-state index in [4.69, 9.17) is 16.3 Å². The van der Waals surface area contributed by atoms with Crippen LogP contribution in [0.1, 0.15) is 6.92 Å². The van der Waals surface area contributed by atoms with Crippen molar-refractivity contribution in [2.45, 2.75) is 13.0 Å². The van der Waals surface area contributed by atoms with Gasteiger partial charge in [-0.25, -0.2) is 9.37 Å². The molecule has 138 valence electrons. The highest BCUT2D eigenvalue weighted by Gasteiger charge is 2.27. The molecule has 2 aromatic rings. The summed E-state index contributed by atoms with van der Waals surface area (Å²) < 4.78 is 19.3. The van der Waals surface area contributed by atoms with E-state index < -0.39 is 6.10 Å². The van der Waals surface area contributed by atoms with Gasteiger partial charge >= 0.3 is 0 Å². The lowest BCUT2D eigenvalue weighted by atomic mass is 10.2. The molecule has 0 bridgehead atoms. The number of ether oxygens (including phenoxy) is 1. The number of hydrogen-bond donors (Lipinski definition) is 0. The topological polar surface area (TPSA) is 45.7 Å². The molecule has 0 spiro atoms. The first-order chi connectivity index (χ1) is 12.4. The van der Waals surface area contributed by atoms with Crippen LogP contribution in [-0.4, -0.2) is 48.1 Å². The van der Waals surface area contributed by atoms with Crippen molar-refractivity contribution in [3.63, 3.8) is 0 Å². The third kappa shape index (κ3) is 4.45. The number of hydrogen-bond acceptors (Lipinski definition) is 4. The van der Waals surface area contributed by atoms with Gasteiger partial charge in [-0.1, -0.05) is 11.6 Å². The van der Waals surface area contributed by atoms with Gasteiger partial charge in [-0.2, -0.15) is 0 Å². The van der Waals surface area contributed by atoms with Crippen molar-refractivity contribution in [3.8, 4) is 5.75 Å². The van der Waals surface area contributed by atoms with Crippen LogP contribution in [0.2, 0.25) is 5.02 Å². The van der Waals surface area contributed by atoms with Crippen LogP contribution in [0.4, 0.5) is 10.2 Å². The molecule has 0 N–H and O–H groups in total. The van der Waals surface area contributed by atoms with Gasteiger partial charge in [0.25, 0.3) is 5.91 Å². The van der Waals surface area contributed by atoms with Gasteiger partial charge in [0.2, 0.25) is 0 Å². The molecule has 2 heterocycles. The Kier molecular flexibility index (Phi) is 5.98. The normalized spacial score (nSPS) is 15.7. The summed E-state index contributed by atoms with van der Waals surface area (Å²) in [5, 5.41) is 0.598. The van der Waals surface area contributed by atoms with Crippen LogP contribution in [0.25, 0.3) is 0 Å². The van der Waals surface area contributed by atoms with Gasteiger partial charge in [0, 0.05) is 32.4 Å². The van der Waals surface area contributed by atoms with Crippen molar-refractivity contribution in [1.82, 2.24) is 9.88 Å². The first-order valence-corrected chi connectivity index (χ1v) is 9.38. The minimum Gasteiger partial charge on any atom is -0.480 e. The lowest BCUT2D eigenvalue weighted by Crippen LogP contribution is -2.52.